The summed E-state index contributed by atoms with van der Waals surface area (Å²) in [6, 6.07) is 10.1. The van der Waals surface area contributed by atoms with Crippen molar-refractivity contribution in [2.45, 2.75) is 13.3 Å². The molecule has 0 bridgehead atoms. The summed E-state index contributed by atoms with van der Waals surface area (Å²) < 4.78 is 10.2. The van der Waals surface area contributed by atoms with Crippen molar-refractivity contribution >= 4 is 5.95 Å². The van der Waals surface area contributed by atoms with Gasteiger partial charge in [-0.1, -0.05) is 29.8 Å². The second kappa shape index (κ2) is 6.75. The van der Waals surface area contributed by atoms with Crippen LogP contribution < -0.4 is 14.8 Å². The van der Waals surface area contributed by atoms with Gasteiger partial charge >= 0.3 is 0 Å². The lowest BCUT2D eigenvalue weighted by Gasteiger charge is -2.08. The highest BCUT2D eigenvalue weighted by atomic mass is 16.5. The Morgan fingerprint density at radius 1 is 1.05 bits per heavy atom. The Labute approximate surface area is 119 Å². The fourth-order valence-corrected chi connectivity index (χ4v) is 1.88. The van der Waals surface area contributed by atoms with Gasteiger partial charge in [-0.2, -0.15) is 9.97 Å². The van der Waals surface area contributed by atoms with Gasteiger partial charge in [0, 0.05) is 6.54 Å². The lowest BCUT2D eigenvalue weighted by Crippen LogP contribution is -2.09. The van der Waals surface area contributed by atoms with Crippen LogP contribution in [0.25, 0.3) is 0 Å². The van der Waals surface area contributed by atoms with Gasteiger partial charge in [-0.05, 0) is 18.9 Å². The molecule has 2 aromatic rings. The summed E-state index contributed by atoms with van der Waals surface area (Å²) >= 11 is 0. The second-order valence-corrected chi connectivity index (χ2v) is 4.44. The first-order valence-electron chi connectivity index (χ1n) is 6.47. The van der Waals surface area contributed by atoms with Crippen molar-refractivity contribution in [2.75, 3.05) is 26.1 Å². The Morgan fingerprint density at radius 2 is 1.75 bits per heavy atom. The van der Waals surface area contributed by atoms with E-state index >= 15 is 0 Å². The molecule has 0 amide bonds. The van der Waals surface area contributed by atoms with E-state index in [9.17, 15) is 0 Å². The van der Waals surface area contributed by atoms with Gasteiger partial charge in [0.2, 0.25) is 17.7 Å². The molecule has 106 valence electrons. The third-order valence-electron chi connectivity index (χ3n) is 2.88. The van der Waals surface area contributed by atoms with Gasteiger partial charge in [0.1, 0.15) is 0 Å². The highest BCUT2D eigenvalue weighted by molar-refractivity contribution is 5.34. The van der Waals surface area contributed by atoms with Crippen molar-refractivity contribution in [1.82, 2.24) is 9.97 Å². The predicted octanol–water partition coefficient (Wildman–Crippen LogP) is 2.46. The van der Waals surface area contributed by atoms with Gasteiger partial charge in [-0.3, -0.25) is 0 Å². The summed E-state index contributed by atoms with van der Waals surface area (Å²) in [6.45, 7) is 2.84. The smallest absolute Gasteiger partial charge is 0.229 e. The van der Waals surface area contributed by atoms with Crippen LogP contribution in [-0.4, -0.2) is 30.7 Å². The number of hydrogen-bond acceptors (Lipinski definition) is 5. The van der Waals surface area contributed by atoms with Gasteiger partial charge in [0.25, 0.3) is 0 Å². The number of rotatable bonds is 6. The number of hydrogen-bond donors (Lipinski definition) is 1. The van der Waals surface area contributed by atoms with Crippen molar-refractivity contribution < 1.29 is 9.47 Å². The summed E-state index contributed by atoms with van der Waals surface area (Å²) in [4.78, 5) is 8.45. The van der Waals surface area contributed by atoms with E-state index in [2.05, 4.69) is 46.5 Å². The molecule has 20 heavy (non-hydrogen) atoms. The molecular formula is C15H19N3O2. The number of ether oxygens (including phenoxy) is 2. The minimum Gasteiger partial charge on any atom is -0.481 e. The standard InChI is InChI=1S/C15H19N3O2/c1-11-5-4-6-12(9-11)7-8-16-15-17-13(19-2)10-14(18-15)20-3/h4-6,9-10H,7-8H2,1-3H3,(H,16,17,18). The monoisotopic (exact) mass is 273 g/mol. The zero-order chi connectivity index (χ0) is 14.4. The van der Waals surface area contributed by atoms with Gasteiger partial charge < -0.3 is 14.8 Å². The first kappa shape index (κ1) is 14.1. The Kier molecular flexibility index (Phi) is 4.76. The molecule has 0 atom stereocenters. The van der Waals surface area contributed by atoms with Crippen molar-refractivity contribution in [3.8, 4) is 11.8 Å². The van der Waals surface area contributed by atoms with Gasteiger partial charge in [0.05, 0.1) is 20.3 Å². The van der Waals surface area contributed by atoms with Gasteiger partial charge in [-0.25, -0.2) is 0 Å². The number of aromatic nitrogens is 2. The van der Waals surface area contributed by atoms with Crippen molar-refractivity contribution in [2.24, 2.45) is 0 Å². The number of nitrogens with one attached hydrogen (secondary N) is 1. The number of aryl methyl sites for hydroxylation is 1. The molecule has 0 spiro atoms. The molecule has 0 aliphatic heterocycles. The Hall–Kier alpha value is -2.30. The van der Waals surface area contributed by atoms with E-state index in [4.69, 9.17) is 9.47 Å². The average Bonchev–Trinajstić information content (AvgIpc) is 2.47. The third-order valence-corrected chi connectivity index (χ3v) is 2.88. The van der Waals surface area contributed by atoms with E-state index in [0.717, 1.165) is 13.0 Å². The minimum absolute atomic E-state index is 0.481. The summed E-state index contributed by atoms with van der Waals surface area (Å²) in [5.74, 6) is 1.47. The summed E-state index contributed by atoms with van der Waals surface area (Å²) in [6.07, 6.45) is 0.907. The van der Waals surface area contributed by atoms with E-state index < -0.39 is 0 Å². The Bertz CT molecular complexity index is 551. The highest BCUT2D eigenvalue weighted by Crippen LogP contribution is 2.17. The maximum absolute atomic E-state index is 5.11. The van der Waals surface area contributed by atoms with Crippen LogP contribution in [0.1, 0.15) is 11.1 Å². The SMILES string of the molecule is COc1cc(OC)nc(NCCc2cccc(C)c2)n1. The van der Waals surface area contributed by atoms with Crippen molar-refractivity contribution in [3.63, 3.8) is 0 Å². The lowest BCUT2D eigenvalue weighted by atomic mass is 10.1. The third kappa shape index (κ3) is 3.85. The fourth-order valence-electron chi connectivity index (χ4n) is 1.88. The molecule has 0 saturated carbocycles. The zero-order valence-electron chi connectivity index (χ0n) is 12.0. The molecule has 1 aromatic heterocycles. The van der Waals surface area contributed by atoms with Crippen LogP contribution in [0.2, 0.25) is 0 Å². The first-order chi connectivity index (χ1) is 9.71. The van der Waals surface area contributed by atoms with Gasteiger partial charge in [-0.15, -0.1) is 0 Å². The van der Waals surface area contributed by atoms with E-state index in [0.29, 0.717) is 17.7 Å². The molecule has 1 aromatic carbocycles. The zero-order valence-corrected chi connectivity index (χ0v) is 12.0. The number of anilines is 1. The van der Waals surface area contributed by atoms with E-state index in [-0.39, 0.29) is 0 Å². The van der Waals surface area contributed by atoms with E-state index in [1.54, 1.807) is 20.3 Å². The second-order valence-electron chi connectivity index (χ2n) is 4.44. The molecule has 0 unspecified atom stereocenters. The number of methoxy groups -OCH3 is 2. The number of benzene rings is 1. The molecule has 5 nitrogen and oxygen atoms in total. The molecule has 0 saturated heterocycles. The highest BCUT2D eigenvalue weighted by Gasteiger charge is 2.04. The molecule has 1 N–H and O–H groups in total. The number of nitrogens with zero attached hydrogens (tertiary/aromatic N) is 2. The fraction of sp³-hybridized carbons (Fsp3) is 0.333. The van der Waals surface area contributed by atoms with Gasteiger partial charge in [0.15, 0.2) is 0 Å². The Morgan fingerprint density at radius 3 is 2.35 bits per heavy atom. The maximum atomic E-state index is 5.11. The molecule has 0 aliphatic rings. The van der Waals surface area contributed by atoms with Crippen molar-refractivity contribution in [1.29, 1.82) is 0 Å². The molecule has 2 rings (SSSR count). The lowest BCUT2D eigenvalue weighted by molar-refractivity contribution is 0.373. The van der Waals surface area contributed by atoms with Crippen LogP contribution in [0.5, 0.6) is 11.8 Å². The first-order valence-corrected chi connectivity index (χ1v) is 6.47. The predicted molar refractivity (Wildman–Crippen MR) is 78.5 cm³/mol. The van der Waals surface area contributed by atoms with Crippen molar-refractivity contribution in [3.05, 3.63) is 41.5 Å². The van der Waals surface area contributed by atoms with E-state index in [1.807, 2.05) is 0 Å². The van der Waals surface area contributed by atoms with Crippen LogP contribution in [-0.2, 0) is 6.42 Å². The van der Waals surface area contributed by atoms with E-state index in [1.165, 1.54) is 11.1 Å². The molecular weight excluding hydrogens is 254 g/mol. The normalized spacial score (nSPS) is 10.2. The molecule has 0 radical (unpaired) electrons. The molecule has 0 aliphatic carbocycles. The minimum atomic E-state index is 0.481. The molecule has 5 heteroatoms. The maximum Gasteiger partial charge on any atom is 0.229 e. The molecule has 1 heterocycles. The summed E-state index contributed by atoms with van der Waals surface area (Å²) in [5.41, 5.74) is 2.55. The van der Waals surface area contributed by atoms with Crippen LogP contribution in [0.4, 0.5) is 5.95 Å². The largest absolute Gasteiger partial charge is 0.481 e. The Balaban J connectivity index is 1.96. The van der Waals surface area contributed by atoms with Crippen LogP contribution in [0, 0.1) is 6.92 Å². The average molecular weight is 273 g/mol. The quantitative estimate of drug-likeness (QED) is 0.876. The summed E-state index contributed by atoms with van der Waals surface area (Å²) in [7, 11) is 3.14. The van der Waals surface area contributed by atoms with Crippen LogP contribution in [0.15, 0.2) is 30.3 Å². The topological polar surface area (TPSA) is 56.3 Å². The molecule has 0 fully saturated rings. The summed E-state index contributed by atoms with van der Waals surface area (Å²) in [5, 5.41) is 3.18. The van der Waals surface area contributed by atoms with Crippen LogP contribution >= 0.6 is 0 Å². The van der Waals surface area contributed by atoms with Crippen LogP contribution in [0.3, 0.4) is 0 Å².